The maximum atomic E-state index is 13.0. The van der Waals surface area contributed by atoms with Gasteiger partial charge in [-0.25, -0.2) is 4.79 Å². The minimum Gasteiger partial charge on any atom is -0.475 e. The van der Waals surface area contributed by atoms with Crippen molar-refractivity contribution < 1.29 is 32.3 Å². The van der Waals surface area contributed by atoms with Crippen molar-refractivity contribution in [2.24, 2.45) is 5.41 Å². The lowest BCUT2D eigenvalue weighted by molar-refractivity contribution is -0.192. The summed E-state index contributed by atoms with van der Waals surface area (Å²) in [5, 5.41) is 7.12. The Morgan fingerprint density at radius 2 is 1.75 bits per heavy atom. The Bertz CT molecular complexity index is 934. The van der Waals surface area contributed by atoms with E-state index in [1.54, 1.807) is 0 Å². The summed E-state index contributed by atoms with van der Waals surface area (Å²) in [6.45, 7) is 5.54. The zero-order valence-electron chi connectivity index (χ0n) is 18.1. The van der Waals surface area contributed by atoms with Crippen LogP contribution in [0.3, 0.4) is 0 Å². The number of amides is 1. The summed E-state index contributed by atoms with van der Waals surface area (Å²) in [5.41, 5.74) is 1.07. The highest BCUT2D eigenvalue weighted by Crippen LogP contribution is 2.50. The summed E-state index contributed by atoms with van der Waals surface area (Å²) in [6, 6.07) is 14.6. The third kappa shape index (κ3) is 5.15. The second kappa shape index (κ2) is 9.36. The number of carbonyl (C=O) groups excluding carboxylic acids is 1. The van der Waals surface area contributed by atoms with Gasteiger partial charge in [-0.3, -0.25) is 9.69 Å². The first-order valence-corrected chi connectivity index (χ1v) is 10.4. The lowest BCUT2D eigenvalue weighted by Gasteiger charge is -2.41. The lowest BCUT2D eigenvalue weighted by Crippen LogP contribution is -2.45. The van der Waals surface area contributed by atoms with Crippen LogP contribution in [-0.4, -0.2) is 59.6 Å². The highest BCUT2D eigenvalue weighted by molar-refractivity contribution is 5.86. The van der Waals surface area contributed by atoms with E-state index in [-0.39, 0.29) is 5.41 Å². The van der Waals surface area contributed by atoms with Gasteiger partial charge in [-0.2, -0.15) is 13.2 Å². The maximum absolute atomic E-state index is 13.0. The van der Waals surface area contributed by atoms with E-state index in [2.05, 4.69) is 35.2 Å². The number of carboxylic acids is 1. The number of hydrogen-bond donors (Lipinski definition) is 1. The molecule has 1 aromatic heterocycles. The molecule has 0 radical (unpaired) electrons. The van der Waals surface area contributed by atoms with Gasteiger partial charge in [0.2, 0.25) is 5.91 Å². The molecule has 1 amide bonds. The van der Waals surface area contributed by atoms with Crippen molar-refractivity contribution in [2.45, 2.75) is 38.4 Å². The van der Waals surface area contributed by atoms with Gasteiger partial charge in [0.1, 0.15) is 11.5 Å². The molecule has 0 bridgehead atoms. The van der Waals surface area contributed by atoms with Crippen molar-refractivity contribution in [3.8, 4) is 0 Å². The van der Waals surface area contributed by atoms with Crippen molar-refractivity contribution in [3.05, 3.63) is 59.5 Å². The number of carboxylic acid groups (broad SMARTS) is 1. The number of carbonyl (C=O) groups is 2. The highest BCUT2D eigenvalue weighted by atomic mass is 19.4. The molecule has 1 unspecified atom stereocenters. The summed E-state index contributed by atoms with van der Waals surface area (Å²) >= 11 is 0. The van der Waals surface area contributed by atoms with Crippen LogP contribution in [0, 0.1) is 12.3 Å². The minimum absolute atomic E-state index is 0.230. The SMILES string of the molecule is Cc1ccc(CN2CCC3(CC2)C(=O)N(C)CC3c2ccccc2)o1.O=C(O)C(F)(F)F. The summed E-state index contributed by atoms with van der Waals surface area (Å²) in [4.78, 5) is 26.3. The Kier molecular flexibility index (Phi) is 6.97. The number of likely N-dealkylation sites (N-methyl/N-ethyl adjacent to an activating group) is 1. The normalized spacial score (nSPS) is 20.8. The molecule has 32 heavy (non-hydrogen) atoms. The quantitative estimate of drug-likeness (QED) is 0.760. The van der Waals surface area contributed by atoms with Crippen LogP contribution < -0.4 is 0 Å². The molecule has 1 spiro atoms. The van der Waals surface area contributed by atoms with Crippen molar-refractivity contribution >= 4 is 11.9 Å². The molecule has 174 valence electrons. The van der Waals surface area contributed by atoms with Crippen LogP contribution in [0.5, 0.6) is 0 Å². The molecule has 0 saturated carbocycles. The second-order valence-corrected chi connectivity index (χ2v) is 8.40. The van der Waals surface area contributed by atoms with Gasteiger partial charge in [0.25, 0.3) is 0 Å². The van der Waals surface area contributed by atoms with Crippen LogP contribution >= 0.6 is 0 Å². The van der Waals surface area contributed by atoms with E-state index in [1.807, 2.05) is 31.0 Å². The van der Waals surface area contributed by atoms with Crippen LogP contribution in [-0.2, 0) is 16.1 Å². The standard InChI is InChI=1S/C21H26N2O2.C2HF3O2/c1-16-8-9-18(25-16)14-23-12-10-21(11-13-23)19(15-22(2)20(21)24)17-6-4-3-5-7-17;3-2(4,5)1(6)7/h3-9,19H,10-15H2,1-2H3;(H,6,7). The summed E-state index contributed by atoms with van der Waals surface area (Å²) < 4.78 is 37.5. The third-order valence-corrected chi connectivity index (χ3v) is 6.26. The number of hydrogen-bond acceptors (Lipinski definition) is 4. The Morgan fingerprint density at radius 3 is 2.25 bits per heavy atom. The van der Waals surface area contributed by atoms with E-state index in [9.17, 15) is 18.0 Å². The number of furan rings is 1. The van der Waals surface area contributed by atoms with E-state index >= 15 is 0 Å². The molecule has 6 nitrogen and oxygen atoms in total. The first-order valence-electron chi connectivity index (χ1n) is 10.4. The molecule has 2 aliphatic rings. The molecule has 1 aromatic carbocycles. The molecule has 2 saturated heterocycles. The Morgan fingerprint density at radius 1 is 1.16 bits per heavy atom. The zero-order valence-corrected chi connectivity index (χ0v) is 18.1. The number of aryl methyl sites for hydroxylation is 1. The van der Waals surface area contributed by atoms with Crippen molar-refractivity contribution in [1.82, 2.24) is 9.80 Å². The van der Waals surface area contributed by atoms with Gasteiger partial charge in [0.15, 0.2) is 0 Å². The second-order valence-electron chi connectivity index (χ2n) is 8.40. The first kappa shape index (κ1) is 23.8. The molecule has 9 heteroatoms. The average Bonchev–Trinajstić information content (AvgIpc) is 3.26. The fourth-order valence-corrected chi connectivity index (χ4v) is 4.63. The molecule has 2 fully saturated rings. The number of likely N-dealkylation sites (tertiary alicyclic amines) is 2. The van der Waals surface area contributed by atoms with Gasteiger partial charge in [-0.05, 0) is 50.6 Å². The van der Waals surface area contributed by atoms with E-state index in [1.165, 1.54) is 5.56 Å². The summed E-state index contributed by atoms with van der Waals surface area (Å²) in [7, 11) is 1.95. The highest BCUT2D eigenvalue weighted by Gasteiger charge is 2.54. The van der Waals surface area contributed by atoms with Crippen molar-refractivity contribution in [2.75, 3.05) is 26.7 Å². The average molecular weight is 452 g/mol. The van der Waals surface area contributed by atoms with E-state index < -0.39 is 12.1 Å². The van der Waals surface area contributed by atoms with Crippen LogP contribution in [0.2, 0.25) is 0 Å². The molecule has 2 aromatic rings. The van der Waals surface area contributed by atoms with E-state index in [4.69, 9.17) is 14.3 Å². The third-order valence-electron chi connectivity index (χ3n) is 6.26. The number of nitrogens with zero attached hydrogens (tertiary/aromatic N) is 2. The van der Waals surface area contributed by atoms with Crippen LogP contribution in [0.1, 0.15) is 35.8 Å². The zero-order chi connectivity index (χ0) is 23.5. The van der Waals surface area contributed by atoms with Crippen molar-refractivity contribution in [1.29, 1.82) is 0 Å². The number of halogens is 3. The molecule has 0 aliphatic carbocycles. The van der Waals surface area contributed by atoms with Crippen LogP contribution in [0.4, 0.5) is 13.2 Å². The van der Waals surface area contributed by atoms with Crippen molar-refractivity contribution in [3.63, 3.8) is 0 Å². The van der Waals surface area contributed by atoms with Gasteiger partial charge < -0.3 is 14.4 Å². The Labute approximate surface area is 184 Å². The first-order chi connectivity index (χ1) is 15.0. The summed E-state index contributed by atoms with van der Waals surface area (Å²) in [6.07, 6.45) is -3.23. The Hall–Kier alpha value is -2.81. The monoisotopic (exact) mass is 452 g/mol. The van der Waals surface area contributed by atoms with Gasteiger partial charge in [0.05, 0.1) is 12.0 Å². The van der Waals surface area contributed by atoms with E-state index in [0.29, 0.717) is 11.8 Å². The van der Waals surface area contributed by atoms with Gasteiger partial charge >= 0.3 is 12.1 Å². The number of alkyl halides is 3. The molecule has 1 N–H and O–H groups in total. The van der Waals surface area contributed by atoms with Gasteiger partial charge in [-0.15, -0.1) is 0 Å². The fraction of sp³-hybridized carbons (Fsp3) is 0.478. The van der Waals surface area contributed by atoms with Crippen LogP contribution in [0.25, 0.3) is 0 Å². The predicted molar refractivity (Wildman–Crippen MR) is 111 cm³/mol. The lowest BCUT2D eigenvalue weighted by atomic mass is 9.68. The smallest absolute Gasteiger partial charge is 0.475 e. The molecule has 2 aliphatic heterocycles. The molecule has 4 rings (SSSR count). The largest absolute Gasteiger partial charge is 0.490 e. The maximum Gasteiger partial charge on any atom is 0.490 e. The van der Waals surface area contributed by atoms with Crippen LogP contribution in [0.15, 0.2) is 46.9 Å². The molecular weight excluding hydrogens is 425 g/mol. The number of aliphatic carboxylic acids is 1. The van der Waals surface area contributed by atoms with Gasteiger partial charge in [0, 0.05) is 19.5 Å². The number of rotatable bonds is 3. The molecule has 3 heterocycles. The van der Waals surface area contributed by atoms with Gasteiger partial charge in [-0.1, -0.05) is 30.3 Å². The van der Waals surface area contributed by atoms with E-state index in [0.717, 1.165) is 50.5 Å². The Balaban J connectivity index is 0.000000360. The summed E-state index contributed by atoms with van der Waals surface area (Å²) in [5.74, 6) is -0.148. The topological polar surface area (TPSA) is 74.0 Å². The number of piperidine rings is 1. The predicted octanol–water partition coefficient (Wildman–Crippen LogP) is 4.06. The fourth-order valence-electron chi connectivity index (χ4n) is 4.63. The molecular formula is C23H27F3N2O4. The molecule has 1 atom stereocenters. The number of benzene rings is 1. The minimum atomic E-state index is -5.08.